The molecule has 1 atom stereocenters. The average Bonchev–Trinajstić information content (AvgIpc) is 2.60. The predicted molar refractivity (Wildman–Crippen MR) is 68.1 cm³/mol. The third-order valence-electron chi connectivity index (χ3n) is 2.60. The van der Waals surface area contributed by atoms with Crippen LogP contribution in [0.5, 0.6) is 0 Å². The van der Waals surface area contributed by atoms with E-state index < -0.39 is 15.3 Å². The molecule has 2 N–H and O–H groups in total. The van der Waals surface area contributed by atoms with E-state index in [4.69, 9.17) is 28.3 Å². The summed E-state index contributed by atoms with van der Waals surface area (Å²) in [4.78, 5) is 16.9. The molecule has 1 amide bonds. The van der Waals surface area contributed by atoms with Gasteiger partial charge in [0.05, 0.1) is 10.0 Å². The van der Waals surface area contributed by atoms with Crippen LogP contribution < -0.4 is 10.0 Å². The number of carbonyl (C=O) groups is 1. The van der Waals surface area contributed by atoms with Crippen molar-refractivity contribution < 1.29 is 13.2 Å². The number of pyridine rings is 1. The molecule has 0 spiro atoms. The Labute approximate surface area is 114 Å². The number of rotatable bonds is 2. The fourth-order valence-electron chi connectivity index (χ4n) is 1.71. The van der Waals surface area contributed by atoms with E-state index in [0.29, 0.717) is 5.02 Å². The zero-order valence-corrected chi connectivity index (χ0v) is 11.3. The molecular formula is C9H9Cl2N3O3S. The van der Waals surface area contributed by atoms with Crippen molar-refractivity contribution in [3.8, 4) is 0 Å². The number of carbonyl (C=O) groups excluding carboxylic acids is 1. The molecule has 1 unspecified atom stereocenters. The van der Waals surface area contributed by atoms with Crippen molar-refractivity contribution in [2.45, 2.75) is 11.7 Å². The number of sulfonamides is 1. The van der Waals surface area contributed by atoms with Gasteiger partial charge in [-0.3, -0.25) is 9.69 Å². The van der Waals surface area contributed by atoms with Gasteiger partial charge in [0.25, 0.3) is 0 Å². The first kappa shape index (κ1) is 13.5. The summed E-state index contributed by atoms with van der Waals surface area (Å²) < 4.78 is 22.4. The Morgan fingerprint density at radius 3 is 2.61 bits per heavy atom. The minimum Gasteiger partial charge on any atom is -0.294 e. The smallest absolute Gasteiger partial charge is 0.229 e. The van der Waals surface area contributed by atoms with E-state index in [2.05, 4.69) is 4.98 Å². The molecule has 1 fully saturated rings. The van der Waals surface area contributed by atoms with Gasteiger partial charge < -0.3 is 0 Å². The summed E-state index contributed by atoms with van der Waals surface area (Å²) in [6, 6.07) is 1.43. The summed E-state index contributed by atoms with van der Waals surface area (Å²) in [5, 5.41) is 4.61. The topological polar surface area (TPSA) is 93.4 Å². The van der Waals surface area contributed by atoms with Crippen molar-refractivity contribution >= 4 is 45.0 Å². The molecule has 9 heteroatoms. The lowest BCUT2D eigenvalue weighted by Crippen LogP contribution is -2.32. The van der Waals surface area contributed by atoms with E-state index in [1.165, 1.54) is 17.2 Å². The van der Waals surface area contributed by atoms with Crippen LogP contribution in [0.15, 0.2) is 12.3 Å². The number of anilines is 1. The molecule has 1 aliphatic rings. The molecule has 0 aromatic carbocycles. The third kappa shape index (κ3) is 2.59. The van der Waals surface area contributed by atoms with Gasteiger partial charge in [-0.25, -0.2) is 18.5 Å². The zero-order chi connectivity index (χ0) is 13.5. The van der Waals surface area contributed by atoms with Gasteiger partial charge in [0.1, 0.15) is 5.25 Å². The maximum atomic E-state index is 11.7. The first-order valence-electron chi connectivity index (χ1n) is 4.92. The van der Waals surface area contributed by atoms with Crippen LogP contribution >= 0.6 is 23.2 Å². The van der Waals surface area contributed by atoms with Crippen molar-refractivity contribution in [3.63, 3.8) is 0 Å². The van der Waals surface area contributed by atoms with Gasteiger partial charge in [-0.15, -0.1) is 0 Å². The number of primary sulfonamides is 1. The Balaban J connectivity index is 2.33. The summed E-state index contributed by atoms with van der Waals surface area (Å²) >= 11 is 11.6. The minimum atomic E-state index is -3.76. The van der Waals surface area contributed by atoms with Crippen LogP contribution in [0.2, 0.25) is 10.0 Å². The summed E-state index contributed by atoms with van der Waals surface area (Å²) in [6.07, 6.45) is 1.17. The molecule has 1 aromatic heterocycles. The highest BCUT2D eigenvalue weighted by molar-refractivity contribution is 7.89. The van der Waals surface area contributed by atoms with Gasteiger partial charge in [-0.1, -0.05) is 23.2 Å². The number of nitrogens with two attached hydrogens (primary N) is 1. The van der Waals surface area contributed by atoms with Crippen LogP contribution in [0.1, 0.15) is 6.42 Å². The van der Waals surface area contributed by atoms with Crippen molar-refractivity contribution in [2.75, 3.05) is 11.4 Å². The van der Waals surface area contributed by atoms with E-state index in [0.717, 1.165) is 0 Å². The molecule has 0 aliphatic carbocycles. The third-order valence-corrected chi connectivity index (χ3v) is 4.33. The van der Waals surface area contributed by atoms with Gasteiger partial charge in [0.15, 0.2) is 5.82 Å². The molecule has 0 bridgehead atoms. The number of halogens is 2. The normalized spacial score (nSPS) is 20.5. The second kappa shape index (κ2) is 4.65. The number of aromatic nitrogens is 1. The van der Waals surface area contributed by atoms with Crippen LogP contribution in [-0.2, 0) is 14.8 Å². The second-order valence-electron chi connectivity index (χ2n) is 3.88. The predicted octanol–water partition coefficient (Wildman–Crippen LogP) is 0.782. The quantitative estimate of drug-likeness (QED) is 0.873. The van der Waals surface area contributed by atoms with Gasteiger partial charge >= 0.3 is 0 Å². The number of hydrogen-bond donors (Lipinski definition) is 1. The van der Waals surface area contributed by atoms with E-state index in [1.807, 2.05) is 0 Å². The molecule has 2 heterocycles. The number of hydrogen-bond acceptors (Lipinski definition) is 4. The fourth-order valence-corrected chi connectivity index (χ4v) is 2.92. The fraction of sp³-hybridized carbons (Fsp3) is 0.333. The van der Waals surface area contributed by atoms with Crippen LogP contribution in [0, 0.1) is 0 Å². The molecule has 1 aliphatic heterocycles. The van der Waals surface area contributed by atoms with Crippen molar-refractivity contribution in [2.24, 2.45) is 5.14 Å². The summed E-state index contributed by atoms with van der Waals surface area (Å²) in [7, 11) is -3.76. The molecule has 1 aromatic rings. The monoisotopic (exact) mass is 309 g/mol. The minimum absolute atomic E-state index is 0.0496. The molecule has 98 valence electrons. The van der Waals surface area contributed by atoms with Gasteiger partial charge in [-0.2, -0.15) is 0 Å². The highest BCUT2D eigenvalue weighted by Crippen LogP contribution is 2.30. The number of nitrogens with zero attached hydrogens (tertiary/aromatic N) is 2. The van der Waals surface area contributed by atoms with Gasteiger partial charge in [0.2, 0.25) is 15.9 Å². The highest BCUT2D eigenvalue weighted by Gasteiger charge is 2.38. The molecule has 0 radical (unpaired) electrons. The van der Waals surface area contributed by atoms with Crippen LogP contribution in [0.25, 0.3) is 0 Å². The first-order valence-corrected chi connectivity index (χ1v) is 7.28. The summed E-state index contributed by atoms with van der Waals surface area (Å²) in [5.74, 6) is -0.192. The van der Waals surface area contributed by atoms with Crippen molar-refractivity contribution in [3.05, 3.63) is 22.3 Å². The van der Waals surface area contributed by atoms with E-state index in [9.17, 15) is 13.2 Å². The Kier molecular flexibility index (Phi) is 3.50. The van der Waals surface area contributed by atoms with Crippen LogP contribution in [-0.4, -0.2) is 31.1 Å². The SMILES string of the molecule is NS(=O)(=O)C1CC(=O)N(c2ncc(Cl)cc2Cl)C1. The molecule has 18 heavy (non-hydrogen) atoms. The lowest BCUT2D eigenvalue weighted by Gasteiger charge is -2.16. The zero-order valence-electron chi connectivity index (χ0n) is 9.01. The van der Waals surface area contributed by atoms with E-state index in [-0.39, 0.29) is 29.7 Å². The molecule has 0 saturated carbocycles. The van der Waals surface area contributed by atoms with Gasteiger partial charge in [0, 0.05) is 19.2 Å². The van der Waals surface area contributed by atoms with Crippen molar-refractivity contribution in [1.29, 1.82) is 0 Å². The second-order valence-corrected chi connectivity index (χ2v) is 6.57. The Morgan fingerprint density at radius 1 is 1.44 bits per heavy atom. The molecule has 2 rings (SSSR count). The Morgan fingerprint density at radius 2 is 2.11 bits per heavy atom. The molecular weight excluding hydrogens is 301 g/mol. The summed E-state index contributed by atoms with van der Waals surface area (Å²) in [5.41, 5.74) is 0. The van der Waals surface area contributed by atoms with E-state index >= 15 is 0 Å². The first-order chi connectivity index (χ1) is 8.29. The standard InChI is InChI=1S/C9H9Cl2N3O3S/c10-5-1-7(11)9(13-3-5)14-4-6(2-8(14)15)18(12,16)17/h1,3,6H,2,4H2,(H2,12,16,17). The lowest BCUT2D eigenvalue weighted by atomic mass is 10.4. The largest absolute Gasteiger partial charge is 0.294 e. The van der Waals surface area contributed by atoms with E-state index in [1.54, 1.807) is 0 Å². The Bertz CT molecular complexity index is 605. The molecule has 6 nitrogen and oxygen atoms in total. The number of amides is 1. The summed E-state index contributed by atoms with van der Waals surface area (Å²) in [6.45, 7) is -0.0496. The maximum Gasteiger partial charge on any atom is 0.229 e. The van der Waals surface area contributed by atoms with Crippen LogP contribution in [0.3, 0.4) is 0 Å². The molecule has 1 saturated heterocycles. The van der Waals surface area contributed by atoms with Crippen molar-refractivity contribution in [1.82, 2.24) is 4.98 Å². The van der Waals surface area contributed by atoms with Gasteiger partial charge in [-0.05, 0) is 6.07 Å². The van der Waals surface area contributed by atoms with Crippen LogP contribution in [0.4, 0.5) is 5.82 Å². The average molecular weight is 310 g/mol. The highest BCUT2D eigenvalue weighted by atomic mass is 35.5. The maximum absolute atomic E-state index is 11.7. The Hall–Kier alpha value is -0.890. The lowest BCUT2D eigenvalue weighted by molar-refractivity contribution is -0.117.